The van der Waals surface area contributed by atoms with Crippen LogP contribution < -0.4 is 5.32 Å². The zero-order chi connectivity index (χ0) is 16.3. The molecule has 0 unspecified atom stereocenters. The minimum atomic E-state index is -1.24. The first-order chi connectivity index (χ1) is 10.3. The van der Waals surface area contributed by atoms with Gasteiger partial charge >= 0.3 is 0 Å². The molecule has 1 aliphatic rings. The van der Waals surface area contributed by atoms with E-state index in [4.69, 9.17) is 0 Å². The monoisotopic (exact) mass is 307 g/mol. The number of nitrogens with zero attached hydrogens (tertiary/aromatic N) is 2. The molecule has 0 saturated carbocycles. The average molecular weight is 307 g/mol. The Kier molecular flexibility index (Phi) is 4.81. The number of carbonyl (C=O) groups is 2. The fourth-order valence-corrected chi connectivity index (χ4v) is 2.34. The van der Waals surface area contributed by atoms with E-state index in [2.05, 4.69) is 10.2 Å². The second kappa shape index (κ2) is 6.44. The Labute approximate surface area is 130 Å². The summed E-state index contributed by atoms with van der Waals surface area (Å²) >= 11 is 0. The normalized spacial score (nSPS) is 16.5. The molecular weight excluding hydrogens is 285 g/mol. The fourth-order valence-electron chi connectivity index (χ4n) is 2.34. The van der Waals surface area contributed by atoms with Crippen LogP contribution in [-0.2, 0) is 9.59 Å². The third kappa shape index (κ3) is 3.44. The summed E-state index contributed by atoms with van der Waals surface area (Å²) in [5.74, 6) is -1.24. The van der Waals surface area contributed by atoms with Crippen LogP contribution in [-0.4, -0.2) is 54.8 Å². The van der Waals surface area contributed by atoms with Gasteiger partial charge in [-0.3, -0.25) is 9.59 Å². The molecule has 0 spiro atoms. The van der Waals surface area contributed by atoms with Gasteiger partial charge in [0.2, 0.25) is 11.8 Å². The van der Waals surface area contributed by atoms with Crippen molar-refractivity contribution in [1.82, 2.24) is 9.80 Å². The standard InChI is InChI=1S/C16H22FN3O2/c1-16(2,15(22)20-10-8-19(3)9-11-20)14(21)18-13-7-5-4-6-12(13)17/h4-7H,8-11H2,1-3H3,(H,18,21). The number of piperazine rings is 1. The Balaban J connectivity index is 2.07. The lowest BCUT2D eigenvalue weighted by atomic mass is 9.89. The molecule has 0 atom stereocenters. The van der Waals surface area contributed by atoms with E-state index in [9.17, 15) is 14.0 Å². The maximum Gasteiger partial charge on any atom is 0.239 e. The number of nitrogens with one attached hydrogen (secondary N) is 1. The van der Waals surface area contributed by atoms with Crippen LogP contribution >= 0.6 is 0 Å². The maximum absolute atomic E-state index is 13.6. The highest BCUT2D eigenvalue weighted by Gasteiger charge is 2.40. The van der Waals surface area contributed by atoms with Crippen molar-refractivity contribution in [3.63, 3.8) is 0 Å². The van der Waals surface area contributed by atoms with E-state index < -0.39 is 17.1 Å². The minimum Gasteiger partial charge on any atom is -0.339 e. The number of rotatable bonds is 3. The Morgan fingerprint density at radius 2 is 1.73 bits per heavy atom. The van der Waals surface area contributed by atoms with Gasteiger partial charge < -0.3 is 15.1 Å². The first-order valence-electron chi connectivity index (χ1n) is 7.36. The van der Waals surface area contributed by atoms with Crippen LogP contribution in [0.1, 0.15) is 13.8 Å². The van der Waals surface area contributed by atoms with Gasteiger partial charge in [0, 0.05) is 26.2 Å². The number of amides is 2. The molecule has 0 radical (unpaired) electrons. The Morgan fingerprint density at radius 3 is 2.32 bits per heavy atom. The lowest BCUT2D eigenvalue weighted by molar-refractivity contribution is -0.147. The van der Waals surface area contributed by atoms with E-state index >= 15 is 0 Å². The second-order valence-electron chi connectivity index (χ2n) is 6.15. The molecule has 1 heterocycles. The Hall–Kier alpha value is -1.95. The number of likely N-dealkylation sites (N-methyl/N-ethyl adjacent to an activating group) is 1. The molecular formula is C16H22FN3O2. The van der Waals surface area contributed by atoms with Crippen molar-refractivity contribution in [2.24, 2.45) is 5.41 Å². The highest BCUT2D eigenvalue weighted by atomic mass is 19.1. The molecule has 1 aliphatic heterocycles. The van der Waals surface area contributed by atoms with E-state index in [1.165, 1.54) is 12.1 Å². The number of hydrogen-bond donors (Lipinski definition) is 1. The van der Waals surface area contributed by atoms with Gasteiger partial charge in [0.25, 0.3) is 0 Å². The summed E-state index contributed by atoms with van der Waals surface area (Å²) in [6, 6.07) is 5.92. The van der Waals surface area contributed by atoms with Crippen LogP contribution in [0.15, 0.2) is 24.3 Å². The minimum absolute atomic E-state index is 0.0896. The topological polar surface area (TPSA) is 52.7 Å². The zero-order valence-electron chi connectivity index (χ0n) is 13.2. The van der Waals surface area contributed by atoms with E-state index in [1.54, 1.807) is 30.9 Å². The van der Waals surface area contributed by atoms with Crippen molar-refractivity contribution < 1.29 is 14.0 Å². The largest absolute Gasteiger partial charge is 0.339 e. The van der Waals surface area contributed by atoms with Crippen LogP contribution in [0.25, 0.3) is 0 Å². The van der Waals surface area contributed by atoms with Crippen LogP contribution in [0.5, 0.6) is 0 Å². The van der Waals surface area contributed by atoms with Crippen LogP contribution in [0, 0.1) is 11.2 Å². The van der Waals surface area contributed by atoms with Crippen molar-refractivity contribution in [2.75, 3.05) is 38.5 Å². The predicted octanol–water partition coefficient (Wildman–Crippen LogP) is 1.56. The van der Waals surface area contributed by atoms with E-state index in [0.29, 0.717) is 13.1 Å². The van der Waals surface area contributed by atoms with E-state index in [-0.39, 0.29) is 11.6 Å². The lowest BCUT2D eigenvalue weighted by Crippen LogP contribution is -2.53. The van der Waals surface area contributed by atoms with Crippen molar-refractivity contribution in [3.05, 3.63) is 30.1 Å². The third-order valence-corrected chi connectivity index (χ3v) is 4.01. The van der Waals surface area contributed by atoms with E-state index in [1.807, 2.05) is 7.05 Å². The zero-order valence-corrected chi connectivity index (χ0v) is 13.2. The molecule has 1 saturated heterocycles. The number of anilines is 1. The van der Waals surface area contributed by atoms with Gasteiger partial charge in [0.05, 0.1) is 5.69 Å². The summed E-state index contributed by atoms with van der Waals surface area (Å²) in [6.07, 6.45) is 0. The van der Waals surface area contributed by atoms with Gasteiger partial charge in [0.15, 0.2) is 0 Å². The first-order valence-corrected chi connectivity index (χ1v) is 7.36. The lowest BCUT2D eigenvalue weighted by Gasteiger charge is -2.36. The SMILES string of the molecule is CN1CCN(C(=O)C(C)(C)C(=O)Nc2ccccc2F)CC1. The van der Waals surface area contributed by atoms with Crippen molar-refractivity contribution in [1.29, 1.82) is 0 Å². The number of hydrogen-bond acceptors (Lipinski definition) is 3. The Morgan fingerprint density at radius 1 is 1.14 bits per heavy atom. The van der Waals surface area contributed by atoms with Gasteiger partial charge in [-0.25, -0.2) is 4.39 Å². The van der Waals surface area contributed by atoms with E-state index in [0.717, 1.165) is 13.1 Å². The summed E-state index contributed by atoms with van der Waals surface area (Å²) in [7, 11) is 2.00. The summed E-state index contributed by atoms with van der Waals surface area (Å²) in [5.41, 5.74) is -1.15. The number of halogens is 1. The molecule has 2 rings (SSSR count). The first kappa shape index (κ1) is 16.4. The highest BCUT2D eigenvalue weighted by Crippen LogP contribution is 2.23. The van der Waals surface area contributed by atoms with Crippen LogP contribution in [0.3, 0.4) is 0 Å². The third-order valence-electron chi connectivity index (χ3n) is 4.01. The highest BCUT2D eigenvalue weighted by molar-refractivity contribution is 6.09. The van der Waals surface area contributed by atoms with Crippen LogP contribution in [0.2, 0.25) is 0 Å². The quantitative estimate of drug-likeness (QED) is 0.862. The molecule has 22 heavy (non-hydrogen) atoms. The number of carbonyl (C=O) groups excluding carboxylic acids is 2. The Bertz CT molecular complexity index is 566. The van der Waals surface area contributed by atoms with Gasteiger partial charge in [-0.1, -0.05) is 12.1 Å². The summed E-state index contributed by atoms with van der Waals surface area (Å²) in [6.45, 7) is 5.93. The molecule has 1 fully saturated rings. The predicted molar refractivity (Wildman–Crippen MR) is 82.9 cm³/mol. The molecule has 0 aliphatic carbocycles. The van der Waals surface area contributed by atoms with Gasteiger partial charge in [-0.2, -0.15) is 0 Å². The number of benzene rings is 1. The summed E-state index contributed by atoms with van der Waals surface area (Å²) in [5, 5.41) is 2.51. The van der Waals surface area contributed by atoms with Crippen LogP contribution in [0.4, 0.5) is 10.1 Å². The molecule has 6 heteroatoms. The summed E-state index contributed by atoms with van der Waals surface area (Å²) < 4.78 is 13.6. The number of para-hydroxylation sites is 1. The molecule has 0 bridgehead atoms. The molecule has 5 nitrogen and oxygen atoms in total. The van der Waals surface area contributed by atoms with Gasteiger partial charge in [0.1, 0.15) is 11.2 Å². The second-order valence-corrected chi connectivity index (χ2v) is 6.15. The van der Waals surface area contributed by atoms with Gasteiger partial charge in [-0.05, 0) is 33.0 Å². The molecule has 0 aromatic heterocycles. The maximum atomic E-state index is 13.6. The molecule has 2 amide bonds. The fraction of sp³-hybridized carbons (Fsp3) is 0.500. The molecule has 1 aromatic rings. The van der Waals surface area contributed by atoms with Gasteiger partial charge in [-0.15, -0.1) is 0 Å². The van der Waals surface area contributed by atoms with Crippen molar-refractivity contribution >= 4 is 17.5 Å². The molecule has 1 N–H and O–H groups in total. The smallest absolute Gasteiger partial charge is 0.239 e. The van der Waals surface area contributed by atoms with Crippen molar-refractivity contribution in [3.8, 4) is 0 Å². The summed E-state index contributed by atoms with van der Waals surface area (Å²) in [4.78, 5) is 28.8. The van der Waals surface area contributed by atoms with Crippen molar-refractivity contribution in [2.45, 2.75) is 13.8 Å². The molecule has 1 aromatic carbocycles. The molecule has 120 valence electrons. The average Bonchev–Trinajstić information content (AvgIpc) is 2.49.